The van der Waals surface area contributed by atoms with Crippen molar-refractivity contribution in [3.05, 3.63) is 78.4 Å². The first kappa shape index (κ1) is 31.3. The molecule has 0 aliphatic carbocycles. The molecule has 41 heavy (non-hydrogen) atoms. The van der Waals surface area contributed by atoms with Crippen molar-refractivity contribution in [2.24, 2.45) is 0 Å². The molecule has 0 radical (unpaired) electrons. The minimum Gasteiger partial charge on any atom is -0.497 e. The van der Waals surface area contributed by atoms with Gasteiger partial charge in [-0.2, -0.15) is 0 Å². The van der Waals surface area contributed by atoms with E-state index in [1.807, 2.05) is 13.8 Å². The number of carbonyl (C=O) groups excluding carboxylic acids is 2. The number of rotatable bonds is 13. The van der Waals surface area contributed by atoms with Gasteiger partial charge in [0.25, 0.3) is 10.0 Å². The molecule has 0 saturated carbocycles. The van der Waals surface area contributed by atoms with Gasteiger partial charge in [-0.1, -0.05) is 24.3 Å². The average Bonchev–Trinajstić information content (AvgIpc) is 2.98. The van der Waals surface area contributed by atoms with Gasteiger partial charge in [-0.3, -0.25) is 13.9 Å². The van der Waals surface area contributed by atoms with E-state index in [9.17, 15) is 18.0 Å². The summed E-state index contributed by atoms with van der Waals surface area (Å²) in [6.45, 7) is 4.75. The summed E-state index contributed by atoms with van der Waals surface area (Å²) in [7, 11) is 0.208. The quantitative estimate of drug-likeness (QED) is 0.325. The van der Waals surface area contributed by atoms with Crippen LogP contribution in [0.1, 0.15) is 26.3 Å². The second-order valence-corrected chi connectivity index (χ2v) is 11.4. The Morgan fingerprint density at radius 3 is 1.90 bits per heavy atom. The summed E-state index contributed by atoms with van der Waals surface area (Å²) < 4.78 is 44.9. The molecular weight excluding hydrogens is 546 g/mol. The lowest BCUT2D eigenvalue weighted by molar-refractivity contribution is -0.139. The number of methoxy groups -OCH3 is 3. The van der Waals surface area contributed by atoms with Crippen molar-refractivity contribution in [2.45, 2.75) is 44.3 Å². The van der Waals surface area contributed by atoms with Crippen LogP contribution in [0.25, 0.3) is 0 Å². The normalized spacial score (nSPS) is 11.9. The van der Waals surface area contributed by atoms with Crippen molar-refractivity contribution in [3.63, 3.8) is 0 Å². The summed E-state index contributed by atoms with van der Waals surface area (Å²) >= 11 is 0. The fourth-order valence-electron chi connectivity index (χ4n) is 4.14. The van der Waals surface area contributed by atoms with Crippen molar-refractivity contribution in [2.75, 3.05) is 32.2 Å². The van der Waals surface area contributed by atoms with E-state index >= 15 is 0 Å². The number of nitrogens with zero attached hydrogens (tertiary/aromatic N) is 2. The van der Waals surface area contributed by atoms with Gasteiger partial charge < -0.3 is 24.4 Å². The second-order valence-electron chi connectivity index (χ2n) is 9.57. The number of para-hydroxylation sites is 2. The van der Waals surface area contributed by atoms with Gasteiger partial charge in [-0.25, -0.2) is 8.42 Å². The number of hydrogen-bond donors (Lipinski definition) is 1. The summed E-state index contributed by atoms with van der Waals surface area (Å²) in [6.07, 6.45) is 0. The Morgan fingerprint density at radius 1 is 0.805 bits per heavy atom. The first-order valence-electron chi connectivity index (χ1n) is 13.0. The second kappa shape index (κ2) is 13.9. The Bertz CT molecular complexity index is 1430. The van der Waals surface area contributed by atoms with E-state index in [0.717, 1.165) is 9.87 Å². The summed E-state index contributed by atoms with van der Waals surface area (Å²) in [5, 5.41) is 2.84. The summed E-state index contributed by atoms with van der Waals surface area (Å²) in [6, 6.07) is 18.5. The fraction of sp³-hybridized carbons (Fsp3) is 0.333. The molecule has 0 fully saturated rings. The predicted octanol–water partition coefficient (Wildman–Crippen LogP) is 3.85. The van der Waals surface area contributed by atoms with Crippen LogP contribution in [0.2, 0.25) is 0 Å². The molecule has 3 aromatic rings. The van der Waals surface area contributed by atoms with E-state index in [0.29, 0.717) is 11.5 Å². The minimum absolute atomic E-state index is 0.0377. The Hall–Kier alpha value is -4.25. The summed E-state index contributed by atoms with van der Waals surface area (Å²) in [4.78, 5) is 28.4. The molecule has 0 aliphatic heterocycles. The number of hydrogen-bond acceptors (Lipinski definition) is 7. The standard InChI is InChI=1S/C30H37N3O7S/c1-21(2)31-30(35)22(3)32(19-23-11-13-24(38-4)14-12-23)29(34)20-33(27-9-7-8-10-28(27)40-6)41(36,37)26-17-15-25(39-5)16-18-26/h7-18,21-22H,19-20H2,1-6H3,(H,31,35). The van der Waals surface area contributed by atoms with Crippen LogP contribution in [0, 0.1) is 0 Å². The van der Waals surface area contributed by atoms with Crippen molar-refractivity contribution >= 4 is 27.5 Å². The van der Waals surface area contributed by atoms with Gasteiger partial charge in [0.05, 0.1) is 31.9 Å². The Morgan fingerprint density at radius 2 is 1.37 bits per heavy atom. The molecule has 1 N–H and O–H groups in total. The van der Waals surface area contributed by atoms with E-state index in [4.69, 9.17) is 14.2 Å². The van der Waals surface area contributed by atoms with Crippen molar-refractivity contribution < 1.29 is 32.2 Å². The molecule has 0 heterocycles. The number of carbonyl (C=O) groups is 2. The van der Waals surface area contributed by atoms with Crippen LogP contribution in [0.5, 0.6) is 17.2 Å². The molecule has 0 bridgehead atoms. The highest BCUT2D eigenvalue weighted by Crippen LogP contribution is 2.33. The lowest BCUT2D eigenvalue weighted by atomic mass is 10.1. The topological polar surface area (TPSA) is 114 Å². The zero-order valence-electron chi connectivity index (χ0n) is 24.2. The van der Waals surface area contributed by atoms with E-state index in [1.54, 1.807) is 62.6 Å². The number of nitrogens with one attached hydrogen (secondary N) is 1. The van der Waals surface area contributed by atoms with Crippen LogP contribution >= 0.6 is 0 Å². The molecule has 2 amide bonds. The molecule has 1 unspecified atom stereocenters. The number of amides is 2. The van der Waals surface area contributed by atoms with E-state index in [2.05, 4.69) is 5.32 Å². The molecule has 10 nitrogen and oxygen atoms in total. The van der Waals surface area contributed by atoms with Crippen LogP contribution in [-0.2, 0) is 26.2 Å². The van der Waals surface area contributed by atoms with Gasteiger partial charge in [-0.05, 0) is 74.9 Å². The zero-order valence-corrected chi connectivity index (χ0v) is 25.0. The third-order valence-corrected chi connectivity index (χ3v) is 8.16. The average molecular weight is 584 g/mol. The zero-order chi connectivity index (χ0) is 30.2. The van der Waals surface area contributed by atoms with E-state index < -0.39 is 28.5 Å². The SMILES string of the molecule is COc1ccc(CN(C(=O)CN(c2ccccc2OC)S(=O)(=O)c2ccc(OC)cc2)C(C)C(=O)NC(C)C)cc1. The summed E-state index contributed by atoms with van der Waals surface area (Å²) in [5.74, 6) is 0.466. The van der Waals surface area contributed by atoms with Gasteiger partial charge >= 0.3 is 0 Å². The highest BCUT2D eigenvalue weighted by molar-refractivity contribution is 7.92. The lowest BCUT2D eigenvalue weighted by Gasteiger charge is -2.32. The van der Waals surface area contributed by atoms with Crippen molar-refractivity contribution in [1.82, 2.24) is 10.2 Å². The third-order valence-electron chi connectivity index (χ3n) is 6.39. The van der Waals surface area contributed by atoms with Gasteiger partial charge in [0.2, 0.25) is 11.8 Å². The fourth-order valence-corrected chi connectivity index (χ4v) is 5.56. The van der Waals surface area contributed by atoms with E-state index in [1.165, 1.54) is 43.4 Å². The molecule has 0 aromatic heterocycles. The maximum absolute atomic E-state index is 14.0. The number of ether oxygens (including phenoxy) is 3. The van der Waals surface area contributed by atoms with Gasteiger partial charge in [0.1, 0.15) is 29.8 Å². The Kier molecular flexibility index (Phi) is 10.6. The van der Waals surface area contributed by atoms with Crippen molar-refractivity contribution in [1.29, 1.82) is 0 Å². The molecule has 11 heteroatoms. The molecule has 3 aromatic carbocycles. The molecule has 1 atom stereocenters. The molecule has 0 spiro atoms. The molecule has 3 rings (SSSR count). The van der Waals surface area contributed by atoms with Crippen LogP contribution in [0.15, 0.2) is 77.7 Å². The molecule has 0 aliphatic rings. The Labute approximate surface area is 241 Å². The van der Waals surface area contributed by atoms with Crippen LogP contribution < -0.4 is 23.8 Å². The first-order valence-corrected chi connectivity index (χ1v) is 14.5. The van der Waals surface area contributed by atoms with Gasteiger partial charge in [-0.15, -0.1) is 0 Å². The third kappa shape index (κ3) is 7.69. The Balaban J connectivity index is 2.06. The highest BCUT2D eigenvalue weighted by atomic mass is 32.2. The van der Waals surface area contributed by atoms with Gasteiger partial charge in [0.15, 0.2) is 0 Å². The van der Waals surface area contributed by atoms with E-state index in [-0.39, 0.29) is 34.8 Å². The smallest absolute Gasteiger partial charge is 0.264 e. The van der Waals surface area contributed by atoms with Gasteiger partial charge in [0, 0.05) is 12.6 Å². The minimum atomic E-state index is -4.25. The monoisotopic (exact) mass is 583 g/mol. The molecule has 0 saturated heterocycles. The number of anilines is 1. The van der Waals surface area contributed by atoms with Crippen molar-refractivity contribution in [3.8, 4) is 17.2 Å². The predicted molar refractivity (Wildman–Crippen MR) is 157 cm³/mol. The maximum Gasteiger partial charge on any atom is 0.264 e. The number of benzene rings is 3. The van der Waals surface area contributed by atoms with Crippen LogP contribution in [0.4, 0.5) is 5.69 Å². The maximum atomic E-state index is 14.0. The lowest BCUT2D eigenvalue weighted by Crippen LogP contribution is -2.52. The summed E-state index contributed by atoms with van der Waals surface area (Å²) in [5.41, 5.74) is 0.924. The first-order chi connectivity index (χ1) is 19.5. The highest BCUT2D eigenvalue weighted by Gasteiger charge is 2.34. The number of sulfonamides is 1. The van der Waals surface area contributed by atoms with Crippen LogP contribution in [-0.4, -0.2) is 65.1 Å². The largest absolute Gasteiger partial charge is 0.497 e. The van der Waals surface area contributed by atoms with Crippen LogP contribution in [0.3, 0.4) is 0 Å². The molecule has 220 valence electrons. The molecular formula is C30H37N3O7S.